The lowest BCUT2D eigenvalue weighted by Gasteiger charge is -2.01. The number of rotatable bonds is 3. The highest BCUT2D eigenvalue weighted by Crippen LogP contribution is 2.38. The van der Waals surface area contributed by atoms with E-state index in [-0.39, 0.29) is 5.88 Å². The van der Waals surface area contributed by atoms with Crippen LogP contribution in [0.4, 0.5) is 16.2 Å². The van der Waals surface area contributed by atoms with E-state index in [0.717, 1.165) is 10.9 Å². The summed E-state index contributed by atoms with van der Waals surface area (Å²) in [4.78, 5) is 11.8. The Bertz CT molecular complexity index is 869. The van der Waals surface area contributed by atoms with Crippen molar-refractivity contribution in [2.45, 2.75) is 13.5 Å². The Morgan fingerprint density at radius 3 is 2.57 bits per heavy atom. The first-order chi connectivity index (χ1) is 11.2. The van der Waals surface area contributed by atoms with E-state index in [1.54, 1.807) is 16.7 Å². The molecular formula is C17H16N4O2. The zero-order chi connectivity index (χ0) is 16.2. The van der Waals surface area contributed by atoms with Gasteiger partial charge in [-0.05, 0) is 25.1 Å². The normalized spacial score (nSPS) is 11.2. The van der Waals surface area contributed by atoms with Crippen LogP contribution in [-0.2, 0) is 6.54 Å². The molecule has 3 rings (SSSR count). The molecule has 0 aliphatic heterocycles. The summed E-state index contributed by atoms with van der Waals surface area (Å²) in [6, 6.07) is 15.9. The summed E-state index contributed by atoms with van der Waals surface area (Å²) in [5.74, 6) is 0.00459. The molecular weight excluding hydrogens is 292 g/mol. The van der Waals surface area contributed by atoms with Crippen LogP contribution in [0.25, 0.3) is 10.9 Å². The van der Waals surface area contributed by atoms with Gasteiger partial charge in [0.15, 0.2) is 5.69 Å². The molecule has 0 atom stereocenters. The highest BCUT2D eigenvalue weighted by Gasteiger charge is 2.15. The fraction of sp³-hybridized carbons (Fsp3) is 0.118. The van der Waals surface area contributed by atoms with Gasteiger partial charge in [-0.1, -0.05) is 41.5 Å². The number of carbonyl (C=O) groups is 1. The summed E-state index contributed by atoms with van der Waals surface area (Å²) in [6.45, 7) is 2.52. The van der Waals surface area contributed by atoms with Crippen LogP contribution >= 0.6 is 0 Å². The minimum atomic E-state index is -0.594. The quantitative estimate of drug-likeness (QED) is 0.689. The Balaban J connectivity index is 1.89. The number of amides is 2. The van der Waals surface area contributed by atoms with E-state index in [4.69, 9.17) is 0 Å². The third-order valence-corrected chi connectivity index (χ3v) is 3.50. The average molecular weight is 308 g/mol. The number of aromatic nitrogens is 1. The SMILES string of the molecule is CCn1c(O)c(N=NC(=O)Nc2ccccc2)c2ccccc21. The Kier molecular flexibility index (Phi) is 4.05. The van der Waals surface area contributed by atoms with Gasteiger partial charge in [0.25, 0.3) is 0 Å². The maximum absolute atomic E-state index is 11.8. The molecule has 0 aliphatic rings. The second kappa shape index (κ2) is 6.31. The fourth-order valence-electron chi connectivity index (χ4n) is 2.46. The van der Waals surface area contributed by atoms with Crippen molar-refractivity contribution in [1.29, 1.82) is 0 Å². The number of nitrogens with one attached hydrogen (secondary N) is 1. The maximum atomic E-state index is 11.8. The largest absolute Gasteiger partial charge is 0.493 e. The molecule has 6 heteroatoms. The van der Waals surface area contributed by atoms with Crippen LogP contribution in [0.5, 0.6) is 5.88 Å². The topological polar surface area (TPSA) is 79.0 Å². The van der Waals surface area contributed by atoms with Gasteiger partial charge in [-0.15, -0.1) is 5.11 Å². The van der Waals surface area contributed by atoms with E-state index in [2.05, 4.69) is 15.5 Å². The van der Waals surface area contributed by atoms with E-state index >= 15 is 0 Å². The van der Waals surface area contributed by atoms with Crippen LogP contribution in [0.3, 0.4) is 0 Å². The van der Waals surface area contributed by atoms with E-state index in [9.17, 15) is 9.90 Å². The Labute approximate surface area is 133 Å². The predicted octanol–water partition coefficient (Wildman–Crippen LogP) is 4.68. The molecule has 1 aromatic heterocycles. The van der Waals surface area contributed by atoms with Gasteiger partial charge >= 0.3 is 6.03 Å². The molecule has 0 saturated heterocycles. The number of azo groups is 1. The monoisotopic (exact) mass is 308 g/mol. The van der Waals surface area contributed by atoms with Gasteiger partial charge < -0.3 is 15.0 Å². The van der Waals surface area contributed by atoms with Crippen molar-refractivity contribution in [1.82, 2.24) is 4.57 Å². The molecule has 2 amide bonds. The van der Waals surface area contributed by atoms with E-state index in [1.165, 1.54) is 0 Å². The average Bonchev–Trinajstić information content (AvgIpc) is 2.85. The lowest BCUT2D eigenvalue weighted by Crippen LogP contribution is -2.04. The summed E-state index contributed by atoms with van der Waals surface area (Å²) in [5.41, 5.74) is 1.78. The van der Waals surface area contributed by atoms with Crippen LogP contribution in [0.15, 0.2) is 64.8 Å². The maximum Gasteiger partial charge on any atom is 0.364 e. The van der Waals surface area contributed by atoms with Crippen molar-refractivity contribution in [2.75, 3.05) is 5.32 Å². The van der Waals surface area contributed by atoms with Gasteiger partial charge in [0, 0.05) is 17.6 Å². The van der Waals surface area contributed by atoms with Crippen LogP contribution in [0.2, 0.25) is 0 Å². The van der Waals surface area contributed by atoms with Gasteiger partial charge in [0.05, 0.1) is 5.52 Å². The lowest BCUT2D eigenvalue weighted by molar-refractivity contribution is 0.258. The summed E-state index contributed by atoms with van der Waals surface area (Å²) in [5, 5.41) is 21.2. The molecule has 0 spiro atoms. The number of aryl methyl sites for hydroxylation is 1. The standard InChI is InChI=1S/C17H16N4O2/c1-2-21-14-11-7-6-10-13(14)15(16(21)22)19-20-17(23)18-12-8-4-3-5-9-12/h3-11,22H,2H2,1H3,(H,18,23). The van der Waals surface area contributed by atoms with Crippen LogP contribution in [0, 0.1) is 0 Å². The molecule has 3 aromatic rings. The van der Waals surface area contributed by atoms with Crippen molar-refractivity contribution >= 4 is 28.3 Å². The highest BCUT2D eigenvalue weighted by molar-refractivity contribution is 5.96. The Hall–Kier alpha value is -3.15. The van der Waals surface area contributed by atoms with Crippen molar-refractivity contribution in [3.63, 3.8) is 0 Å². The number of para-hydroxylation sites is 2. The van der Waals surface area contributed by atoms with Gasteiger partial charge in [-0.25, -0.2) is 4.79 Å². The minimum absolute atomic E-state index is 0.00459. The molecule has 0 saturated carbocycles. The summed E-state index contributed by atoms with van der Waals surface area (Å²) < 4.78 is 1.72. The predicted molar refractivity (Wildman–Crippen MR) is 89.3 cm³/mol. The second-order valence-corrected chi connectivity index (χ2v) is 4.93. The molecule has 1 heterocycles. The molecule has 23 heavy (non-hydrogen) atoms. The number of anilines is 1. The minimum Gasteiger partial charge on any atom is -0.493 e. The number of hydrogen-bond donors (Lipinski definition) is 2. The smallest absolute Gasteiger partial charge is 0.364 e. The fourth-order valence-corrected chi connectivity index (χ4v) is 2.46. The number of nitrogens with zero attached hydrogens (tertiary/aromatic N) is 3. The molecule has 116 valence electrons. The zero-order valence-corrected chi connectivity index (χ0v) is 12.6. The first-order valence-electron chi connectivity index (χ1n) is 7.28. The van der Waals surface area contributed by atoms with E-state index < -0.39 is 6.03 Å². The van der Waals surface area contributed by atoms with Gasteiger partial charge in [0.2, 0.25) is 5.88 Å². The third-order valence-electron chi connectivity index (χ3n) is 3.50. The molecule has 0 radical (unpaired) electrons. The van der Waals surface area contributed by atoms with Crippen LogP contribution < -0.4 is 5.32 Å². The van der Waals surface area contributed by atoms with E-state index in [0.29, 0.717) is 17.9 Å². The van der Waals surface area contributed by atoms with Crippen LogP contribution in [-0.4, -0.2) is 15.7 Å². The number of urea groups is 1. The van der Waals surface area contributed by atoms with Crippen molar-refractivity contribution in [3.05, 3.63) is 54.6 Å². The number of fused-ring (bicyclic) bond motifs is 1. The zero-order valence-electron chi connectivity index (χ0n) is 12.6. The molecule has 0 fully saturated rings. The number of hydrogen-bond acceptors (Lipinski definition) is 3. The molecule has 0 aliphatic carbocycles. The van der Waals surface area contributed by atoms with E-state index in [1.807, 2.05) is 49.4 Å². The van der Waals surface area contributed by atoms with Crippen LogP contribution in [0.1, 0.15) is 6.92 Å². The van der Waals surface area contributed by atoms with Crippen molar-refractivity contribution < 1.29 is 9.90 Å². The van der Waals surface area contributed by atoms with Crippen molar-refractivity contribution in [2.24, 2.45) is 10.2 Å². The van der Waals surface area contributed by atoms with Gasteiger partial charge in [0.1, 0.15) is 0 Å². The lowest BCUT2D eigenvalue weighted by atomic mass is 10.2. The molecule has 2 aromatic carbocycles. The Morgan fingerprint density at radius 2 is 1.83 bits per heavy atom. The summed E-state index contributed by atoms with van der Waals surface area (Å²) in [7, 11) is 0. The number of carbonyl (C=O) groups excluding carboxylic acids is 1. The summed E-state index contributed by atoms with van der Waals surface area (Å²) in [6.07, 6.45) is 0. The van der Waals surface area contributed by atoms with Crippen molar-refractivity contribution in [3.8, 4) is 5.88 Å². The second-order valence-electron chi connectivity index (χ2n) is 4.93. The molecule has 6 nitrogen and oxygen atoms in total. The highest BCUT2D eigenvalue weighted by atomic mass is 16.3. The summed E-state index contributed by atoms with van der Waals surface area (Å²) >= 11 is 0. The van der Waals surface area contributed by atoms with Gasteiger partial charge in [-0.3, -0.25) is 0 Å². The third kappa shape index (κ3) is 2.91. The first-order valence-corrected chi connectivity index (χ1v) is 7.28. The number of aromatic hydroxyl groups is 1. The Morgan fingerprint density at radius 1 is 1.13 bits per heavy atom. The van der Waals surface area contributed by atoms with Gasteiger partial charge in [-0.2, -0.15) is 0 Å². The molecule has 0 bridgehead atoms. The molecule has 0 unspecified atom stereocenters. The molecule has 2 N–H and O–H groups in total. The number of benzene rings is 2. The first kappa shape index (κ1) is 14.8.